The molecule has 1 aromatic carbocycles. The number of hydrogen-bond acceptors (Lipinski definition) is 5. The van der Waals surface area contributed by atoms with Crippen LogP contribution >= 0.6 is 0 Å². The molecule has 24 heavy (non-hydrogen) atoms. The van der Waals surface area contributed by atoms with Gasteiger partial charge in [-0.25, -0.2) is 8.42 Å². The molecule has 2 aromatic rings. The van der Waals surface area contributed by atoms with Crippen LogP contribution in [-0.4, -0.2) is 36.4 Å². The van der Waals surface area contributed by atoms with Crippen LogP contribution in [0, 0.1) is 11.3 Å². The van der Waals surface area contributed by atoms with Crippen molar-refractivity contribution in [3.8, 4) is 6.07 Å². The summed E-state index contributed by atoms with van der Waals surface area (Å²) < 4.78 is 24.8. The summed E-state index contributed by atoms with van der Waals surface area (Å²) in [6, 6.07) is 13.4. The number of amides is 1. The molecule has 0 unspecified atom stereocenters. The molecule has 2 rings (SSSR count). The zero-order valence-electron chi connectivity index (χ0n) is 13.0. The summed E-state index contributed by atoms with van der Waals surface area (Å²) >= 11 is 0. The Morgan fingerprint density at radius 2 is 1.96 bits per heavy atom. The minimum absolute atomic E-state index is 0.0143. The Hall–Kier alpha value is -2.76. The second-order valence-electron chi connectivity index (χ2n) is 5.09. The molecule has 0 aliphatic heterocycles. The molecule has 0 fully saturated rings. The highest BCUT2D eigenvalue weighted by molar-refractivity contribution is 7.88. The largest absolute Gasteiger partial charge is 0.325 e. The van der Waals surface area contributed by atoms with Gasteiger partial charge in [-0.3, -0.25) is 9.78 Å². The molecule has 7 nitrogen and oxygen atoms in total. The predicted molar refractivity (Wildman–Crippen MR) is 89.3 cm³/mol. The lowest BCUT2D eigenvalue weighted by Crippen LogP contribution is -2.37. The van der Waals surface area contributed by atoms with Gasteiger partial charge in [0.15, 0.2) is 0 Å². The highest BCUT2D eigenvalue weighted by Crippen LogP contribution is 2.10. The minimum atomic E-state index is -3.57. The third-order valence-corrected chi connectivity index (χ3v) is 4.35. The number of nitriles is 1. The Kier molecular flexibility index (Phi) is 5.63. The molecule has 0 spiro atoms. The van der Waals surface area contributed by atoms with Gasteiger partial charge < -0.3 is 5.32 Å². The van der Waals surface area contributed by atoms with E-state index in [1.807, 2.05) is 6.07 Å². The molecule has 0 atom stereocenters. The van der Waals surface area contributed by atoms with Crippen LogP contribution < -0.4 is 5.32 Å². The van der Waals surface area contributed by atoms with Gasteiger partial charge in [0.05, 0.1) is 36.7 Å². The topological polar surface area (TPSA) is 103 Å². The van der Waals surface area contributed by atoms with Crippen molar-refractivity contribution in [3.63, 3.8) is 0 Å². The highest BCUT2D eigenvalue weighted by Gasteiger charge is 2.21. The van der Waals surface area contributed by atoms with Crippen molar-refractivity contribution < 1.29 is 13.2 Å². The fourth-order valence-corrected chi connectivity index (χ4v) is 2.67. The lowest BCUT2D eigenvalue weighted by molar-refractivity contribution is -0.116. The summed E-state index contributed by atoms with van der Waals surface area (Å²) in [5, 5.41) is 11.3. The van der Waals surface area contributed by atoms with E-state index in [4.69, 9.17) is 5.26 Å². The molecule has 1 N–H and O–H groups in total. The predicted octanol–water partition coefficient (Wildman–Crippen LogP) is 1.35. The van der Waals surface area contributed by atoms with Gasteiger partial charge in [-0.1, -0.05) is 6.07 Å². The first-order valence-corrected chi connectivity index (χ1v) is 8.88. The molecule has 1 amide bonds. The maximum absolute atomic E-state index is 12.1. The number of benzene rings is 1. The van der Waals surface area contributed by atoms with E-state index in [1.165, 1.54) is 0 Å². The van der Waals surface area contributed by atoms with E-state index in [0.717, 1.165) is 10.6 Å². The number of aromatic nitrogens is 1. The Labute approximate surface area is 140 Å². The van der Waals surface area contributed by atoms with Crippen LogP contribution in [0.2, 0.25) is 0 Å². The van der Waals surface area contributed by atoms with Crippen LogP contribution in [0.3, 0.4) is 0 Å². The quantitative estimate of drug-likeness (QED) is 0.852. The normalized spacial score (nSPS) is 11.0. The molecular formula is C16H16N4O3S. The molecule has 0 bridgehead atoms. The summed E-state index contributed by atoms with van der Waals surface area (Å²) in [7, 11) is -3.57. The van der Waals surface area contributed by atoms with Crippen molar-refractivity contribution in [2.24, 2.45) is 0 Å². The zero-order chi connectivity index (χ0) is 17.6. The summed E-state index contributed by atoms with van der Waals surface area (Å²) in [6.45, 7) is -0.310. The molecule has 0 saturated heterocycles. The fourth-order valence-electron chi connectivity index (χ4n) is 1.95. The molecule has 0 radical (unpaired) electrons. The number of carbonyl (C=O) groups excluding carboxylic acids is 1. The van der Waals surface area contributed by atoms with Gasteiger partial charge in [0.2, 0.25) is 15.9 Å². The SMILES string of the molecule is CS(=O)(=O)N(CC(=O)Nc1ccc(C#N)cc1)Cc1ccccn1. The van der Waals surface area contributed by atoms with Crippen molar-refractivity contribution in [1.82, 2.24) is 9.29 Å². The number of sulfonamides is 1. The third kappa shape index (κ3) is 5.15. The van der Waals surface area contributed by atoms with Crippen molar-refractivity contribution >= 4 is 21.6 Å². The molecule has 124 valence electrons. The average molecular weight is 344 g/mol. The van der Waals surface area contributed by atoms with E-state index in [0.29, 0.717) is 16.9 Å². The van der Waals surface area contributed by atoms with Crippen LogP contribution in [-0.2, 0) is 21.4 Å². The van der Waals surface area contributed by atoms with E-state index in [9.17, 15) is 13.2 Å². The van der Waals surface area contributed by atoms with E-state index in [2.05, 4.69) is 10.3 Å². The van der Waals surface area contributed by atoms with Gasteiger partial charge in [0.25, 0.3) is 0 Å². The van der Waals surface area contributed by atoms with E-state index in [-0.39, 0.29) is 13.1 Å². The maximum Gasteiger partial charge on any atom is 0.239 e. The molecule has 0 aliphatic rings. The average Bonchev–Trinajstić information content (AvgIpc) is 2.55. The van der Waals surface area contributed by atoms with Crippen LogP contribution in [0.1, 0.15) is 11.3 Å². The summed E-state index contributed by atoms with van der Waals surface area (Å²) in [5.41, 5.74) is 1.51. The second kappa shape index (κ2) is 7.68. The minimum Gasteiger partial charge on any atom is -0.325 e. The molecular weight excluding hydrogens is 328 g/mol. The number of pyridine rings is 1. The van der Waals surface area contributed by atoms with E-state index >= 15 is 0 Å². The second-order valence-corrected chi connectivity index (χ2v) is 7.07. The number of anilines is 1. The molecule has 1 heterocycles. The van der Waals surface area contributed by atoms with E-state index in [1.54, 1.807) is 48.7 Å². The van der Waals surface area contributed by atoms with Crippen LogP contribution in [0.25, 0.3) is 0 Å². The Balaban J connectivity index is 2.05. The molecule has 1 aromatic heterocycles. The zero-order valence-corrected chi connectivity index (χ0v) is 13.8. The molecule has 8 heteroatoms. The lowest BCUT2D eigenvalue weighted by Gasteiger charge is -2.19. The maximum atomic E-state index is 12.1. The van der Waals surface area contributed by atoms with Crippen molar-refractivity contribution in [2.75, 3.05) is 18.1 Å². The standard InChI is InChI=1S/C16H16N4O3S/c1-24(22,23)20(11-15-4-2-3-9-18-15)12-16(21)19-14-7-5-13(10-17)6-8-14/h2-9H,11-12H2,1H3,(H,19,21). The van der Waals surface area contributed by atoms with Crippen LogP contribution in [0.15, 0.2) is 48.7 Å². The third-order valence-electron chi connectivity index (χ3n) is 3.15. The van der Waals surface area contributed by atoms with Gasteiger partial charge in [-0.15, -0.1) is 0 Å². The Bertz CT molecular complexity index is 843. The van der Waals surface area contributed by atoms with Crippen molar-refractivity contribution in [3.05, 3.63) is 59.9 Å². The summed E-state index contributed by atoms with van der Waals surface area (Å²) in [4.78, 5) is 16.2. The first-order chi connectivity index (χ1) is 11.4. The highest BCUT2D eigenvalue weighted by atomic mass is 32.2. The lowest BCUT2D eigenvalue weighted by atomic mass is 10.2. The number of rotatable bonds is 6. The number of hydrogen-bond donors (Lipinski definition) is 1. The molecule has 0 saturated carbocycles. The van der Waals surface area contributed by atoms with Gasteiger partial charge in [0, 0.05) is 11.9 Å². The first kappa shape index (κ1) is 17.6. The smallest absolute Gasteiger partial charge is 0.239 e. The fraction of sp³-hybridized carbons (Fsp3) is 0.188. The van der Waals surface area contributed by atoms with Crippen LogP contribution in [0.5, 0.6) is 0 Å². The summed E-state index contributed by atoms with van der Waals surface area (Å²) in [6.07, 6.45) is 2.61. The number of carbonyl (C=O) groups is 1. The summed E-state index contributed by atoms with van der Waals surface area (Å²) in [5.74, 6) is -0.471. The van der Waals surface area contributed by atoms with Gasteiger partial charge in [-0.2, -0.15) is 9.57 Å². The van der Waals surface area contributed by atoms with Crippen molar-refractivity contribution in [1.29, 1.82) is 5.26 Å². The first-order valence-electron chi connectivity index (χ1n) is 7.03. The number of nitrogens with zero attached hydrogens (tertiary/aromatic N) is 3. The molecule has 0 aliphatic carbocycles. The van der Waals surface area contributed by atoms with Gasteiger partial charge in [0.1, 0.15) is 0 Å². The Morgan fingerprint density at radius 3 is 2.50 bits per heavy atom. The van der Waals surface area contributed by atoms with Crippen LogP contribution in [0.4, 0.5) is 5.69 Å². The Morgan fingerprint density at radius 1 is 1.25 bits per heavy atom. The van der Waals surface area contributed by atoms with E-state index < -0.39 is 15.9 Å². The van der Waals surface area contributed by atoms with Gasteiger partial charge >= 0.3 is 0 Å². The number of nitrogens with one attached hydrogen (secondary N) is 1. The monoisotopic (exact) mass is 344 g/mol. The van der Waals surface area contributed by atoms with Gasteiger partial charge in [-0.05, 0) is 36.4 Å². The van der Waals surface area contributed by atoms with Crippen molar-refractivity contribution in [2.45, 2.75) is 6.54 Å².